The topological polar surface area (TPSA) is 90.0 Å². The van der Waals surface area contributed by atoms with Crippen LogP contribution in [0.3, 0.4) is 0 Å². The molecule has 2 heterocycles. The molecule has 1 saturated heterocycles. The standard InChI is InChI=1S/C36H27NO6/c1-21(38)43-28-17-9-12-22-18-19-29-36(34(40)26-15-6-7-16-27(26)35(36)41)30(24-13-8-14-25(20-24)42-2)32(37(29)31(22)28)33(39)23-10-4-3-5-11-23/h3-20,29-30,32H,1-2H3/t29-,30-,32+/m0/s1. The van der Waals surface area contributed by atoms with E-state index in [0.717, 1.165) is 0 Å². The van der Waals surface area contributed by atoms with E-state index >= 15 is 0 Å². The summed E-state index contributed by atoms with van der Waals surface area (Å²) in [6.45, 7) is 1.31. The molecule has 0 aromatic heterocycles. The molecule has 1 fully saturated rings. The van der Waals surface area contributed by atoms with Crippen LogP contribution in [0.2, 0.25) is 0 Å². The number of anilines is 1. The highest BCUT2D eigenvalue weighted by Crippen LogP contribution is 2.62. The van der Waals surface area contributed by atoms with Gasteiger partial charge in [-0.25, -0.2) is 0 Å². The summed E-state index contributed by atoms with van der Waals surface area (Å²) in [4.78, 5) is 58.5. The summed E-state index contributed by atoms with van der Waals surface area (Å²) in [5.41, 5.74) is 1.24. The lowest BCUT2D eigenvalue weighted by Gasteiger charge is -2.37. The van der Waals surface area contributed by atoms with E-state index in [9.17, 15) is 19.2 Å². The molecule has 0 bridgehead atoms. The number of hydrogen-bond donors (Lipinski definition) is 0. The lowest BCUT2D eigenvalue weighted by Crippen LogP contribution is -2.48. The van der Waals surface area contributed by atoms with Gasteiger partial charge in [0.15, 0.2) is 23.1 Å². The first-order valence-electron chi connectivity index (χ1n) is 14.1. The van der Waals surface area contributed by atoms with Crippen LogP contribution in [0.1, 0.15) is 55.0 Å². The average Bonchev–Trinajstić information content (AvgIpc) is 3.47. The molecule has 4 aromatic rings. The van der Waals surface area contributed by atoms with Crippen molar-refractivity contribution < 1.29 is 28.7 Å². The van der Waals surface area contributed by atoms with E-state index in [4.69, 9.17) is 9.47 Å². The van der Waals surface area contributed by atoms with Gasteiger partial charge in [0.25, 0.3) is 0 Å². The van der Waals surface area contributed by atoms with Crippen molar-refractivity contribution in [3.63, 3.8) is 0 Å². The van der Waals surface area contributed by atoms with E-state index in [-0.39, 0.29) is 23.1 Å². The molecule has 0 radical (unpaired) electrons. The predicted molar refractivity (Wildman–Crippen MR) is 161 cm³/mol. The maximum absolute atomic E-state index is 14.8. The zero-order valence-electron chi connectivity index (χ0n) is 23.5. The Balaban J connectivity index is 1.57. The molecule has 43 heavy (non-hydrogen) atoms. The van der Waals surface area contributed by atoms with Crippen molar-refractivity contribution >= 4 is 35.1 Å². The van der Waals surface area contributed by atoms with Crippen molar-refractivity contribution in [1.82, 2.24) is 0 Å². The molecule has 1 spiro atoms. The largest absolute Gasteiger partial charge is 0.497 e. The van der Waals surface area contributed by atoms with Crippen LogP contribution in [-0.2, 0) is 4.79 Å². The van der Waals surface area contributed by atoms with Gasteiger partial charge in [0.2, 0.25) is 0 Å². The van der Waals surface area contributed by atoms with Crippen molar-refractivity contribution in [2.45, 2.75) is 24.9 Å². The highest BCUT2D eigenvalue weighted by atomic mass is 16.5. The second-order valence-corrected chi connectivity index (χ2v) is 11.0. The summed E-state index contributed by atoms with van der Waals surface area (Å²) in [6, 6.07) is 26.3. The van der Waals surface area contributed by atoms with Crippen LogP contribution in [0.25, 0.3) is 6.08 Å². The van der Waals surface area contributed by atoms with Crippen LogP contribution in [0, 0.1) is 5.41 Å². The number of ketones is 3. The second kappa shape index (κ2) is 9.91. The minimum Gasteiger partial charge on any atom is -0.497 e. The fourth-order valence-electron chi connectivity index (χ4n) is 7.20. The highest BCUT2D eigenvalue weighted by molar-refractivity contribution is 6.32. The number of esters is 1. The van der Waals surface area contributed by atoms with Gasteiger partial charge >= 0.3 is 5.97 Å². The molecule has 0 N–H and O–H groups in total. The minimum atomic E-state index is -1.68. The van der Waals surface area contributed by atoms with E-state index in [0.29, 0.717) is 39.3 Å². The number of hydrogen-bond acceptors (Lipinski definition) is 7. The second-order valence-electron chi connectivity index (χ2n) is 11.0. The first-order valence-corrected chi connectivity index (χ1v) is 14.1. The number of methoxy groups -OCH3 is 1. The maximum Gasteiger partial charge on any atom is 0.308 e. The van der Waals surface area contributed by atoms with Crippen LogP contribution in [0.15, 0.2) is 103 Å². The van der Waals surface area contributed by atoms with Gasteiger partial charge in [-0.05, 0) is 23.8 Å². The number of benzene rings is 4. The Morgan fingerprint density at radius 3 is 2.16 bits per heavy atom. The van der Waals surface area contributed by atoms with Crippen LogP contribution >= 0.6 is 0 Å². The number of ether oxygens (including phenoxy) is 2. The lowest BCUT2D eigenvalue weighted by atomic mass is 9.64. The molecule has 1 aliphatic carbocycles. The van der Waals surface area contributed by atoms with E-state index in [1.807, 2.05) is 35.3 Å². The van der Waals surface area contributed by atoms with Gasteiger partial charge in [-0.2, -0.15) is 0 Å². The summed E-state index contributed by atoms with van der Waals surface area (Å²) in [7, 11) is 1.55. The van der Waals surface area contributed by atoms with Crippen LogP contribution in [0.5, 0.6) is 11.5 Å². The third kappa shape index (κ3) is 3.74. The number of rotatable bonds is 5. The monoisotopic (exact) mass is 569 g/mol. The zero-order valence-corrected chi connectivity index (χ0v) is 23.5. The molecule has 0 saturated carbocycles. The predicted octanol–water partition coefficient (Wildman–Crippen LogP) is 5.94. The van der Waals surface area contributed by atoms with Crippen molar-refractivity contribution in [1.29, 1.82) is 0 Å². The molecular formula is C36H27NO6. The zero-order chi connectivity index (χ0) is 29.9. The van der Waals surface area contributed by atoms with E-state index in [2.05, 4.69) is 0 Å². The Hall–Kier alpha value is -5.30. The van der Waals surface area contributed by atoms with Crippen molar-refractivity contribution in [2.75, 3.05) is 12.0 Å². The molecule has 212 valence electrons. The Morgan fingerprint density at radius 2 is 1.49 bits per heavy atom. The lowest BCUT2D eigenvalue weighted by molar-refractivity contribution is -0.131. The number of carbonyl (C=O) groups is 4. The summed E-state index contributed by atoms with van der Waals surface area (Å²) in [5, 5.41) is 0. The molecule has 7 rings (SSSR count). The quantitative estimate of drug-likeness (QED) is 0.127. The molecular weight excluding hydrogens is 542 g/mol. The van der Waals surface area contributed by atoms with Crippen molar-refractivity contribution in [3.8, 4) is 11.5 Å². The maximum atomic E-state index is 14.8. The fourth-order valence-corrected chi connectivity index (χ4v) is 7.20. The van der Waals surface area contributed by atoms with Crippen molar-refractivity contribution in [2.24, 2.45) is 5.41 Å². The Kier molecular flexibility index (Phi) is 6.13. The number of Topliss-reactive ketones (excluding diaryl/α,β-unsaturated/α-hetero) is 3. The highest BCUT2D eigenvalue weighted by Gasteiger charge is 2.71. The van der Waals surface area contributed by atoms with Gasteiger partial charge in [-0.3, -0.25) is 19.2 Å². The molecule has 2 aliphatic heterocycles. The molecule has 0 amide bonds. The third-order valence-corrected chi connectivity index (χ3v) is 8.82. The first-order chi connectivity index (χ1) is 20.9. The van der Waals surface area contributed by atoms with Gasteiger partial charge in [0, 0.05) is 35.1 Å². The van der Waals surface area contributed by atoms with Crippen molar-refractivity contribution in [3.05, 3.63) is 131 Å². The molecule has 0 unspecified atom stereocenters. The van der Waals surface area contributed by atoms with Gasteiger partial charge in [0.1, 0.15) is 17.2 Å². The van der Waals surface area contributed by atoms with Crippen LogP contribution in [-0.4, -0.2) is 42.5 Å². The fraction of sp³-hybridized carbons (Fsp3) is 0.167. The van der Waals surface area contributed by atoms with Crippen LogP contribution < -0.4 is 14.4 Å². The van der Waals surface area contributed by atoms with E-state index < -0.39 is 29.4 Å². The van der Waals surface area contributed by atoms with E-state index in [1.54, 1.807) is 86.0 Å². The molecule has 4 aromatic carbocycles. The van der Waals surface area contributed by atoms with Gasteiger partial charge in [-0.1, -0.05) is 91.0 Å². The molecule has 7 nitrogen and oxygen atoms in total. The summed E-state index contributed by atoms with van der Waals surface area (Å²) >= 11 is 0. The summed E-state index contributed by atoms with van der Waals surface area (Å²) < 4.78 is 11.2. The molecule has 7 heteroatoms. The van der Waals surface area contributed by atoms with Crippen LogP contribution in [0.4, 0.5) is 5.69 Å². The Bertz CT molecular complexity index is 1820. The van der Waals surface area contributed by atoms with Gasteiger partial charge in [0.05, 0.1) is 18.8 Å². The Morgan fingerprint density at radius 1 is 0.814 bits per heavy atom. The number of nitrogens with zero attached hydrogens (tertiary/aromatic N) is 1. The smallest absolute Gasteiger partial charge is 0.308 e. The van der Waals surface area contributed by atoms with E-state index in [1.165, 1.54) is 6.92 Å². The van der Waals surface area contributed by atoms with Gasteiger partial charge in [-0.15, -0.1) is 0 Å². The Labute approximate surface area is 248 Å². The summed E-state index contributed by atoms with van der Waals surface area (Å²) in [6.07, 6.45) is 3.68. The molecule has 3 atom stereocenters. The number of para-hydroxylation sites is 1. The third-order valence-electron chi connectivity index (χ3n) is 8.82. The normalized spacial score (nSPS) is 20.9. The van der Waals surface area contributed by atoms with Gasteiger partial charge < -0.3 is 14.4 Å². The SMILES string of the molecule is COc1cccc([C@H]2[C@H](C(=O)c3ccccc3)N3c4c(cccc4OC(C)=O)C=C[C@H]3C23C(=O)c2ccccc2C3=O)c1. The first kappa shape index (κ1) is 26.6. The average molecular weight is 570 g/mol. The minimum absolute atomic E-state index is 0.252. The molecule has 3 aliphatic rings. The number of carbonyl (C=O) groups excluding carboxylic acids is 4. The number of fused-ring (bicyclic) bond motifs is 5. The summed E-state index contributed by atoms with van der Waals surface area (Å²) in [5.74, 6) is -1.57.